The molecule has 2 amide bonds. The van der Waals surface area contributed by atoms with E-state index in [-0.39, 0.29) is 17.7 Å². The summed E-state index contributed by atoms with van der Waals surface area (Å²) in [7, 11) is 0. The lowest BCUT2D eigenvalue weighted by molar-refractivity contribution is -0.121. The zero-order valence-electron chi connectivity index (χ0n) is 17.7. The molecule has 1 aliphatic heterocycles. The van der Waals surface area contributed by atoms with Crippen LogP contribution < -0.4 is 5.32 Å². The Morgan fingerprint density at radius 2 is 1.67 bits per heavy atom. The van der Waals surface area contributed by atoms with Gasteiger partial charge in [-0.2, -0.15) is 0 Å². The molecule has 1 heterocycles. The van der Waals surface area contributed by atoms with Crippen molar-refractivity contribution >= 4 is 28.3 Å². The van der Waals surface area contributed by atoms with E-state index in [1.807, 2.05) is 66.4 Å². The third-order valence-corrected chi connectivity index (χ3v) is 6.16. The van der Waals surface area contributed by atoms with Gasteiger partial charge in [0.25, 0.3) is 5.91 Å². The second kappa shape index (κ2) is 8.70. The number of amides is 2. The predicted molar refractivity (Wildman–Crippen MR) is 122 cm³/mol. The summed E-state index contributed by atoms with van der Waals surface area (Å²) >= 11 is 0. The lowest BCUT2D eigenvalue weighted by Gasteiger charge is -2.32. The van der Waals surface area contributed by atoms with Crippen LogP contribution in [0.4, 0.5) is 5.69 Å². The van der Waals surface area contributed by atoms with Crippen molar-refractivity contribution in [3.8, 4) is 0 Å². The van der Waals surface area contributed by atoms with Gasteiger partial charge in [0.05, 0.1) is 0 Å². The van der Waals surface area contributed by atoms with Crippen LogP contribution in [0.15, 0.2) is 60.7 Å². The van der Waals surface area contributed by atoms with E-state index in [2.05, 4.69) is 18.3 Å². The molecular formula is C26H28N2O2. The highest BCUT2D eigenvalue weighted by Crippen LogP contribution is 2.26. The maximum Gasteiger partial charge on any atom is 0.254 e. The molecule has 1 aliphatic rings. The Kier molecular flexibility index (Phi) is 5.84. The molecule has 0 atom stereocenters. The van der Waals surface area contributed by atoms with Crippen LogP contribution in [0, 0.1) is 12.8 Å². The number of likely N-dealkylation sites (tertiary alicyclic amines) is 1. The van der Waals surface area contributed by atoms with Crippen LogP contribution >= 0.6 is 0 Å². The van der Waals surface area contributed by atoms with E-state index < -0.39 is 0 Å². The topological polar surface area (TPSA) is 49.4 Å². The summed E-state index contributed by atoms with van der Waals surface area (Å²) in [5.74, 6) is 0.0555. The fourth-order valence-corrected chi connectivity index (χ4v) is 4.35. The third kappa shape index (κ3) is 3.95. The van der Waals surface area contributed by atoms with Gasteiger partial charge in [-0.05, 0) is 54.2 Å². The first-order chi connectivity index (χ1) is 14.6. The number of carbonyl (C=O) groups excluding carboxylic acids is 2. The number of nitrogens with one attached hydrogen (secondary N) is 1. The van der Waals surface area contributed by atoms with Gasteiger partial charge in [0.1, 0.15) is 0 Å². The van der Waals surface area contributed by atoms with Crippen molar-refractivity contribution < 1.29 is 9.59 Å². The number of fused-ring (bicyclic) bond motifs is 1. The molecule has 0 radical (unpaired) electrons. The second-order valence-corrected chi connectivity index (χ2v) is 8.05. The first-order valence-electron chi connectivity index (χ1n) is 10.7. The van der Waals surface area contributed by atoms with Crippen molar-refractivity contribution in [2.75, 3.05) is 18.4 Å². The van der Waals surface area contributed by atoms with Crippen LogP contribution in [0.3, 0.4) is 0 Å². The zero-order valence-corrected chi connectivity index (χ0v) is 17.7. The van der Waals surface area contributed by atoms with E-state index in [9.17, 15) is 9.59 Å². The lowest BCUT2D eigenvalue weighted by Crippen LogP contribution is -2.41. The minimum Gasteiger partial charge on any atom is -0.339 e. The number of anilines is 1. The van der Waals surface area contributed by atoms with Gasteiger partial charge >= 0.3 is 0 Å². The van der Waals surface area contributed by atoms with Gasteiger partial charge in [0, 0.05) is 30.3 Å². The minimum atomic E-state index is -0.0640. The molecule has 154 valence electrons. The monoisotopic (exact) mass is 400 g/mol. The molecule has 30 heavy (non-hydrogen) atoms. The molecule has 0 unspecified atom stereocenters. The molecule has 4 heteroatoms. The molecule has 1 N–H and O–H groups in total. The van der Waals surface area contributed by atoms with Crippen molar-refractivity contribution in [1.82, 2.24) is 4.90 Å². The van der Waals surface area contributed by atoms with E-state index in [0.29, 0.717) is 25.9 Å². The average Bonchev–Trinajstić information content (AvgIpc) is 2.79. The van der Waals surface area contributed by atoms with Crippen molar-refractivity contribution in [3.63, 3.8) is 0 Å². The Morgan fingerprint density at radius 3 is 2.43 bits per heavy atom. The molecule has 1 saturated heterocycles. The highest BCUT2D eigenvalue weighted by molar-refractivity contribution is 6.07. The molecule has 0 spiro atoms. The van der Waals surface area contributed by atoms with Gasteiger partial charge in [-0.15, -0.1) is 0 Å². The highest BCUT2D eigenvalue weighted by atomic mass is 16.2. The van der Waals surface area contributed by atoms with Gasteiger partial charge in [-0.1, -0.05) is 61.5 Å². The molecule has 4 nitrogen and oxygen atoms in total. The van der Waals surface area contributed by atoms with E-state index in [0.717, 1.165) is 39.6 Å². The van der Waals surface area contributed by atoms with Gasteiger partial charge < -0.3 is 10.2 Å². The number of aryl methyl sites for hydroxylation is 2. The number of benzene rings is 3. The molecule has 0 bridgehead atoms. The second-order valence-electron chi connectivity index (χ2n) is 8.05. The van der Waals surface area contributed by atoms with Crippen molar-refractivity contribution in [2.45, 2.75) is 33.1 Å². The molecule has 0 aromatic heterocycles. The lowest BCUT2D eigenvalue weighted by atomic mass is 9.94. The van der Waals surface area contributed by atoms with Gasteiger partial charge in [-0.3, -0.25) is 9.59 Å². The van der Waals surface area contributed by atoms with Crippen molar-refractivity contribution in [1.29, 1.82) is 0 Å². The van der Waals surface area contributed by atoms with Crippen LogP contribution in [0.5, 0.6) is 0 Å². The Balaban J connectivity index is 1.42. The number of hydrogen-bond acceptors (Lipinski definition) is 2. The normalized spacial score (nSPS) is 14.7. The summed E-state index contributed by atoms with van der Waals surface area (Å²) in [6.45, 7) is 5.34. The number of piperidine rings is 1. The first-order valence-corrected chi connectivity index (χ1v) is 10.7. The third-order valence-electron chi connectivity index (χ3n) is 6.16. The van der Waals surface area contributed by atoms with Gasteiger partial charge in [-0.25, -0.2) is 0 Å². The quantitative estimate of drug-likeness (QED) is 0.654. The van der Waals surface area contributed by atoms with E-state index in [4.69, 9.17) is 0 Å². The summed E-state index contributed by atoms with van der Waals surface area (Å²) < 4.78 is 0. The number of para-hydroxylation sites is 1. The summed E-state index contributed by atoms with van der Waals surface area (Å²) in [5.41, 5.74) is 3.93. The van der Waals surface area contributed by atoms with Gasteiger partial charge in [0.2, 0.25) is 5.91 Å². The van der Waals surface area contributed by atoms with Crippen LogP contribution in [-0.2, 0) is 11.2 Å². The van der Waals surface area contributed by atoms with Gasteiger partial charge in [0.15, 0.2) is 0 Å². The van der Waals surface area contributed by atoms with Crippen LogP contribution in [-0.4, -0.2) is 29.8 Å². The van der Waals surface area contributed by atoms with Crippen LogP contribution in [0.25, 0.3) is 10.8 Å². The predicted octanol–water partition coefficient (Wildman–Crippen LogP) is 5.20. The van der Waals surface area contributed by atoms with Crippen LogP contribution in [0.1, 0.15) is 41.3 Å². The largest absolute Gasteiger partial charge is 0.339 e. The molecular weight excluding hydrogens is 372 g/mol. The smallest absolute Gasteiger partial charge is 0.254 e. The standard InChI is InChI=1S/C26H28N2O2/c1-3-19-10-6-8-18(2)24(19)27-25(29)21-14-16-28(17-15-21)26(30)23-13-7-11-20-9-4-5-12-22(20)23/h4-13,21H,3,14-17H2,1-2H3,(H,27,29). The molecule has 3 aromatic rings. The van der Waals surface area contributed by atoms with Crippen molar-refractivity contribution in [2.24, 2.45) is 5.92 Å². The number of nitrogens with zero attached hydrogens (tertiary/aromatic N) is 1. The first kappa shape index (κ1) is 20.1. The summed E-state index contributed by atoms with van der Waals surface area (Å²) in [4.78, 5) is 27.9. The average molecular weight is 401 g/mol. The Morgan fingerprint density at radius 1 is 0.967 bits per heavy atom. The Labute approximate surface area is 177 Å². The Hall–Kier alpha value is -3.14. The zero-order chi connectivity index (χ0) is 21.1. The minimum absolute atomic E-state index is 0.0535. The maximum atomic E-state index is 13.1. The highest BCUT2D eigenvalue weighted by Gasteiger charge is 2.28. The summed E-state index contributed by atoms with van der Waals surface area (Å²) in [6.07, 6.45) is 2.26. The molecule has 0 aliphatic carbocycles. The Bertz CT molecular complexity index is 1080. The SMILES string of the molecule is CCc1cccc(C)c1NC(=O)C1CCN(C(=O)c2cccc3ccccc23)CC1. The summed E-state index contributed by atoms with van der Waals surface area (Å²) in [6, 6.07) is 19.9. The number of rotatable bonds is 4. The molecule has 3 aromatic carbocycles. The fraction of sp³-hybridized carbons (Fsp3) is 0.308. The van der Waals surface area contributed by atoms with E-state index in [1.165, 1.54) is 0 Å². The molecule has 0 saturated carbocycles. The van der Waals surface area contributed by atoms with Crippen molar-refractivity contribution in [3.05, 3.63) is 77.4 Å². The van der Waals surface area contributed by atoms with Crippen LogP contribution in [0.2, 0.25) is 0 Å². The summed E-state index contributed by atoms with van der Waals surface area (Å²) in [5, 5.41) is 5.21. The fourth-order valence-electron chi connectivity index (χ4n) is 4.35. The molecule has 1 fully saturated rings. The molecule has 4 rings (SSSR count). The maximum absolute atomic E-state index is 13.1. The number of carbonyl (C=O) groups is 2. The van der Waals surface area contributed by atoms with E-state index in [1.54, 1.807) is 0 Å². The number of hydrogen-bond donors (Lipinski definition) is 1. The van der Waals surface area contributed by atoms with E-state index >= 15 is 0 Å².